The van der Waals surface area contributed by atoms with Gasteiger partial charge in [0.15, 0.2) is 0 Å². The predicted octanol–water partition coefficient (Wildman–Crippen LogP) is 4.07. The molecule has 1 saturated carbocycles. The van der Waals surface area contributed by atoms with E-state index in [4.69, 9.17) is 0 Å². The molecule has 1 aromatic carbocycles. The van der Waals surface area contributed by atoms with Crippen LogP contribution in [-0.2, 0) is 0 Å². The Morgan fingerprint density at radius 1 is 1.15 bits per heavy atom. The van der Waals surface area contributed by atoms with Crippen LogP contribution in [0.2, 0.25) is 0 Å². The number of hydrogen-bond acceptors (Lipinski definition) is 3. The number of aromatic nitrogens is 2. The van der Waals surface area contributed by atoms with Crippen LogP contribution < -0.4 is 5.32 Å². The lowest BCUT2D eigenvalue weighted by Crippen LogP contribution is -2.09. The van der Waals surface area contributed by atoms with Gasteiger partial charge in [-0.15, -0.1) is 0 Å². The molecule has 3 nitrogen and oxygen atoms in total. The van der Waals surface area contributed by atoms with Crippen molar-refractivity contribution in [2.24, 2.45) is 0 Å². The molecule has 1 fully saturated rings. The molecular weight excluding hydrogens is 246 g/mol. The number of rotatable bonds is 3. The monoisotopic (exact) mass is 267 g/mol. The molecule has 3 heteroatoms. The zero-order chi connectivity index (χ0) is 14.1. The molecule has 1 N–H and O–H groups in total. The highest BCUT2D eigenvalue weighted by Crippen LogP contribution is 2.38. The third-order valence-corrected chi connectivity index (χ3v) is 4.23. The van der Waals surface area contributed by atoms with Crippen molar-refractivity contribution < 1.29 is 0 Å². The van der Waals surface area contributed by atoms with Gasteiger partial charge in [-0.2, -0.15) is 0 Å². The molecule has 2 aromatic rings. The number of benzene rings is 1. The van der Waals surface area contributed by atoms with Gasteiger partial charge in [0, 0.05) is 18.2 Å². The lowest BCUT2D eigenvalue weighted by atomic mass is 9.79. The summed E-state index contributed by atoms with van der Waals surface area (Å²) in [4.78, 5) is 9.08. The molecule has 0 bridgehead atoms. The maximum absolute atomic E-state index is 4.64. The zero-order valence-corrected chi connectivity index (χ0v) is 12.4. The zero-order valence-electron chi connectivity index (χ0n) is 12.4. The molecule has 0 atom stereocenters. The molecule has 1 heterocycles. The Bertz CT molecular complexity index is 630. The lowest BCUT2D eigenvalue weighted by molar-refractivity contribution is 0.420. The van der Waals surface area contributed by atoms with E-state index in [-0.39, 0.29) is 0 Å². The fourth-order valence-corrected chi connectivity index (χ4v) is 2.83. The molecule has 0 unspecified atom stereocenters. The first-order valence-electron chi connectivity index (χ1n) is 7.32. The Balaban J connectivity index is 2.06. The van der Waals surface area contributed by atoms with Crippen LogP contribution >= 0.6 is 0 Å². The molecule has 0 amide bonds. The summed E-state index contributed by atoms with van der Waals surface area (Å²) in [5.74, 6) is 2.48. The minimum atomic E-state index is 0.752. The Kier molecular flexibility index (Phi) is 3.43. The Morgan fingerprint density at radius 3 is 2.60 bits per heavy atom. The van der Waals surface area contributed by atoms with Crippen LogP contribution in [0, 0.1) is 13.8 Å². The molecular formula is C17H21N3. The largest absolute Gasteiger partial charge is 0.373 e. The van der Waals surface area contributed by atoms with Crippen molar-refractivity contribution in [3.05, 3.63) is 41.2 Å². The van der Waals surface area contributed by atoms with Crippen LogP contribution in [0.4, 0.5) is 5.82 Å². The molecule has 104 valence electrons. The van der Waals surface area contributed by atoms with Gasteiger partial charge in [0.2, 0.25) is 0 Å². The molecule has 0 spiro atoms. The number of anilines is 1. The summed E-state index contributed by atoms with van der Waals surface area (Å²) < 4.78 is 0. The van der Waals surface area contributed by atoms with Crippen molar-refractivity contribution in [2.75, 3.05) is 12.4 Å². The Labute approximate surface area is 120 Å². The van der Waals surface area contributed by atoms with Crippen molar-refractivity contribution >= 4 is 5.82 Å². The summed E-state index contributed by atoms with van der Waals surface area (Å²) in [7, 11) is 1.91. The van der Waals surface area contributed by atoms with E-state index in [0.29, 0.717) is 0 Å². The van der Waals surface area contributed by atoms with Gasteiger partial charge in [0.25, 0.3) is 0 Å². The van der Waals surface area contributed by atoms with Crippen molar-refractivity contribution in [3.8, 4) is 11.3 Å². The quantitative estimate of drug-likeness (QED) is 0.911. The summed E-state index contributed by atoms with van der Waals surface area (Å²) in [5, 5.41) is 3.15. The molecule has 3 rings (SSSR count). The second-order valence-corrected chi connectivity index (χ2v) is 5.60. The number of hydrogen-bond donors (Lipinski definition) is 1. The van der Waals surface area contributed by atoms with Crippen molar-refractivity contribution in [2.45, 2.75) is 39.0 Å². The molecule has 1 aromatic heterocycles. The Morgan fingerprint density at radius 2 is 1.95 bits per heavy atom. The van der Waals surface area contributed by atoms with Gasteiger partial charge in [-0.3, -0.25) is 0 Å². The standard InChI is InChI=1S/C17H21N3/c1-11-16(19-12(2)20-17(11)18-3)15-9-5-8-14(10-15)13-6-4-7-13/h5,8-10,13H,4,6-7H2,1-3H3,(H,18,19,20). The minimum absolute atomic E-state index is 0.752. The Hall–Kier alpha value is -1.90. The van der Waals surface area contributed by atoms with Gasteiger partial charge in [0.05, 0.1) is 5.69 Å². The van der Waals surface area contributed by atoms with Gasteiger partial charge in [-0.25, -0.2) is 9.97 Å². The average molecular weight is 267 g/mol. The average Bonchev–Trinajstić information content (AvgIpc) is 2.39. The topological polar surface area (TPSA) is 37.8 Å². The van der Waals surface area contributed by atoms with Crippen molar-refractivity contribution in [3.63, 3.8) is 0 Å². The second kappa shape index (κ2) is 5.23. The lowest BCUT2D eigenvalue weighted by Gasteiger charge is -2.26. The van der Waals surface area contributed by atoms with Crippen LogP contribution in [-0.4, -0.2) is 17.0 Å². The van der Waals surface area contributed by atoms with E-state index in [1.807, 2.05) is 14.0 Å². The van der Waals surface area contributed by atoms with Gasteiger partial charge in [-0.1, -0.05) is 24.6 Å². The highest BCUT2D eigenvalue weighted by molar-refractivity contribution is 5.68. The summed E-state index contributed by atoms with van der Waals surface area (Å²) >= 11 is 0. The molecule has 0 radical (unpaired) electrons. The second-order valence-electron chi connectivity index (χ2n) is 5.60. The SMILES string of the molecule is CNc1nc(C)nc(-c2cccc(C3CCC3)c2)c1C. The van der Waals surface area contributed by atoms with E-state index in [0.717, 1.165) is 28.8 Å². The first kappa shape index (κ1) is 13.1. The number of nitrogens with zero attached hydrogens (tertiary/aromatic N) is 2. The van der Waals surface area contributed by atoms with E-state index < -0.39 is 0 Å². The minimum Gasteiger partial charge on any atom is -0.373 e. The fraction of sp³-hybridized carbons (Fsp3) is 0.412. The highest BCUT2D eigenvalue weighted by atomic mass is 15.0. The summed E-state index contributed by atoms with van der Waals surface area (Å²) in [6.07, 6.45) is 4.02. The van der Waals surface area contributed by atoms with E-state index in [1.54, 1.807) is 0 Å². The van der Waals surface area contributed by atoms with E-state index >= 15 is 0 Å². The third-order valence-electron chi connectivity index (χ3n) is 4.23. The highest BCUT2D eigenvalue weighted by Gasteiger charge is 2.20. The van der Waals surface area contributed by atoms with E-state index in [1.165, 1.54) is 30.4 Å². The molecule has 0 aliphatic heterocycles. The predicted molar refractivity (Wildman–Crippen MR) is 83.1 cm³/mol. The first-order chi connectivity index (χ1) is 9.69. The van der Waals surface area contributed by atoms with Crippen LogP contribution in [0.5, 0.6) is 0 Å². The normalized spacial score (nSPS) is 14.9. The summed E-state index contributed by atoms with van der Waals surface area (Å²) in [6, 6.07) is 8.85. The number of nitrogens with one attached hydrogen (secondary N) is 1. The summed E-state index contributed by atoms with van der Waals surface area (Å²) in [6.45, 7) is 4.02. The van der Waals surface area contributed by atoms with Crippen LogP contribution in [0.3, 0.4) is 0 Å². The fourth-order valence-electron chi connectivity index (χ4n) is 2.83. The smallest absolute Gasteiger partial charge is 0.132 e. The summed E-state index contributed by atoms with van der Waals surface area (Å²) in [5.41, 5.74) is 4.82. The van der Waals surface area contributed by atoms with E-state index in [2.05, 4.69) is 46.5 Å². The third kappa shape index (κ3) is 2.28. The van der Waals surface area contributed by atoms with Gasteiger partial charge < -0.3 is 5.32 Å². The van der Waals surface area contributed by atoms with Crippen LogP contribution in [0.25, 0.3) is 11.3 Å². The van der Waals surface area contributed by atoms with Crippen molar-refractivity contribution in [1.82, 2.24) is 9.97 Å². The maximum Gasteiger partial charge on any atom is 0.132 e. The molecule has 1 aliphatic carbocycles. The first-order valence-corrected chi connectivity index (χ1v) is 7.32. The van der Waals surface area contributed by atoms with Crippen LogP contribution in [0.15, 0.2) is 24.3 Å². The van der Waals surface area contributed by atoms with Crippen LogP contribution in [0.1, 0.15) is 42.1 Å². The van der Waals surface area contributed by atoms with E-state index in [9.17, 15) is 0 Å². The van der Waals surface area contributed by atoms with Gasteiger partial charge in [-0.05, 0) is 44.2 Å². The molecule has 20 heavy (non-hydrogen) atoms. The number of aryl methyl sites for hydroxylation is 1. The van der Waals surface area contributed by atoms with Gasteiger partial charge in [0.1, 0.15) is 11.6 Å². The van der Waals surface area contributed by atoms with Gasteiger partial charge >= 0.3 is 0 Å². The molecule has 0 saturated heterocycles. The van der Waals surface area contributed by atoms with Crippen molar-refractivity contribution in [1.29, 1.82) is 0 Å². The molecule has 1 aliphatic rings. The maximum atomic E-state index is 4.64.